The van der Waals surface area contributed by atoms with Crippen molar-refractivity contribution in [1.82, 2.24) is 14.9 Å². The topological polar surface area (TPSA) is 102 Å². The van der Waals surface area contributed by atoms with Gasteiger partial charge in [-0.1, -0.05) is 17.7 Å². The molecule has 0 aromatic carbocycles. The second-order valence-corrected chi connectivity index (χ2v) is 8.26. The van der Waals surface area contributed by atoms with Crippen LogP contribution in [0.1, 0.15) is 17.7 Å². The van der Waals surface area contributed by atoms with Crippen LogP contribution in [0.2, 0.25) is 5.02 Å². The van der Waals surface area contributed by atoms with Crippen molar-refractivity contribution in [2.75, 3.05) is 36.4 Å². The standard InChI is InChI=1S/C21H21ClF3N5O3/c22-15-7-14(30-10-16(31)17(32)11-30)9-27-19(15)12-3-5-29(6-4-12)20(33)28-18-2-1-13(8-26-18)21(23,24)25/h1-3,7-9,16-17,31-32H,4-6,10-11H2,(H,26,28,33)/t16-,17?/m0/s1. The Bertz CT molecular complexity index is 1050. The van der Waals surface area contributed by atoms with Crippen LogP contribution in [-0.4, -0.2) is 69.5 Å². The Labute approximate surface area is 192 Å². The van der Waals surface area contributed by atoms with E-state index in [9.17, 15) is 28.2 Å². The molecular formula is C21H21ClF3N5O3. The molecule has 8 nitrogen and oxygen atoms in total. The molecule has 4 heterocycles. The summed E-state index contributed by atoms with van der Waals surface area (Å²) in [5, 5.41) is 22.4. The number of amides is 2. The summed E-state index contributed by atoms with van der Waals surface area (Å²) in [6.45, 7) is 1.22. The lowest BCUT2D eigenvalue weighted by Gasteiger charge is -2.27. The average molecular weight is 484 g/mol. The van der Waals surface area contributed by atoms with Crippen LogP contribution in [0.4, 0.5) is 29.5 Å². The molecular weight excluding hydrogens is 463 g/mol. The van der Waals surface area contributed by atoms with Gasteiger partial charge >= 0.3 is 12.2 Å². The molecule has 0 radical (unpaired) electrons. The summed E-state index contributed by atoms with van der Waals surface area (Å²) in [7, 11) is 0. The Kier molecular flexibility index (Phi) is 6.46. The van der Waals surface area contributed by atoms with Crippen LogP contribution in [0.15, 0.2) is 36.7 Å². The molecule has 2 aliphatic rings. The number of alkyl halides is 3. The highest BCUT2D eigenvalue weighted by molar-refractivity contribution is 6.32. The third-order valence-corrected chi connectivity index (χ3v) is 5.87. The molecule has 0 bridgehead atoms. The van der Waals surface area contributed by atoms with E-state index in [2.05, 4.69) is 15.3 Å². The molecule has 2 amide bonds. The van der Waals surface area contributed by atoms with E-state index in [0.717, 1.165) is 17.7 Å². The number of nitrogens with zero attached hydrogens (tertiary/aromatic N) is 4. The van der Waals surface area contributed by atoms with Gasteiger partial charge in [0.2, 0.25) is 0 Å². The van der Waals surface area contributed by atoms with E-state index >= 15 is 0 Å². The van der Waals surface area contributed by atoms with E-state index in [0.29, 0.717) is 48.7 Å². The molecule has 0 saturated carbocycles. The summed E-state index contributed by atoms with van der Waals surface area (Å²) in [6.07, 6.45) is -1.53. The Hall–Kier alpha value is -2.89. The highest BCUT2D eigenvalue weighted by Crippen LogP contribution is 2.31. The van der Waals surface area contributed by atoms with Crippen LogP contribution in [0.3, 0.4) is 0 Å². The summed E-state index contributed by atoms with van der Waals surface area (Å²) in [6, 6.07) is 3.22. The van der Waals surface area contributed by atoms with Crippen molar-refractivity contribution in [1.29, 1.82) is 0 Å². The van der Waals surface area contributed by atoms with Crippen LogP contribution < -0.4 is 10.2 Å². The number of carbonyl (C=O) groups is 1. The predicted octanol–water partition coefficient (Wildman–Crippen LogP) is 3.01. The first-order valence-electron chi connectivity index (χ1n) is 10.2. The number of halogens is 4. The van der Waals surface area contributed by atoms with Gasteiger partial charge in [0.05, 0.1) is 40.4 Å². The van der Waals surface area contributed by atoms with Crippen molar-refractivity contribution in [3.05, 3.63) is 52.9 Å². The first-order valence-corrected chi connectivity index (χ1v) is 10.5. The number of urea groups is 1. The molecule has 1 saturated heterocycles. The third-order valence-electron chi connectivity index (χ3n) is 5.58. The quantitative estimate of drug-likeness (QED) is 0.620. The van der Waals surface area contributed by atoms with Crippen molar-refractivity contribution in [2.24, 2.45) is 0 Å². The zero-order chi connectivity index (χ0) is 23.8. The molecule has 1 fully saturated rings. The predicted molar refractivity (Wildman–Crippen MR) is 116 cm³/mol. The number of hydrogen-bond acceptors (Lipinski definition) is 6. The molecule has 12 heteroatoms. The maximum Gasteiger partial charge on any atom is 0.417 e. The summed E-state index contributed by atoms with van der Waals surface area (Å²) < 4.78 is 37.9. The fraction of sp³-hybridized carbons (Fsp3) is 0.381. The minimum absolute atomic E-state index is 0.0280. The van der Waals surface area contributed by atoms with Gasteiger partial charge in [0.15, 0.2) is 0 Å². The van der Waals surface area contributed by atoms with E-state index in [4.69, 9.17) is 11.6 Å². The number of hydrogen-bond donors (Lipinski definition) is 3. The summed E-state index contributed by atoms with van der Waals surface area (Å²) in [5.74, 6) is 0.0280. The lowest BCUT2D eigenvalue weighted by molar-refractivity contribution is -0.137. The van der Waals surface area contributed by atoms with Gasteiger partial charge in [-0.25, -0.2) is 9.78 Å². The molecule has 2 aromatic rings. The zero-order valence-electron chi connectivity index (χ0n) is 17.3. The monoisotopic (exact) mass is 483 g/mol. The smallest absolute Gasteiger partial charge is 0.389 e. The Morgan fingerprint density at radius 3 is 2.42 bits per heavy atom. The second kappa shape index (κ2) is 9.16. The SMILES string of the molecule is O=C(Nc1ccc(C(F)(F)F)cn1)N1CC=C(c2ncc(N3CC(O)[C@@H](O)C3)cc2Cl)CC1. The number of carbonyl (C=O) groups excluding carboxylic acids is 1. The third kappa shape index (κ3) is 5.21. The van der Waals surface area contributed by atoms with Crippen molar-refractivity contribution in [3.8, 4) is 0 Å². The normalized spacial score (nSPS) is 21.2. The van der Waals surface area contributed by atoms with Gasteiger partial charge in [0, 0.05) is 32.4 Å². The molecule has 2 atom stereocenters. The number of aromatic nitrogens is 2. The van der Waals surface area contributed by atoms with Gasteiger partial charge in [-0.3, -0.25) is 10.3 Å². The molecule has 176 valence electrons. The highest BCUT2D eigenvalue weighted by atomic mass is 35.5. The lowest BCUT2D eigenvalue weighted by Crippen LogP contribution is -2.38. The molecule has 3 N–H and O–H groups in total. The van der Waals surface area contributed by atoms with Gasteiger partial charge in [-0.2, -0.15) is 13.2 Å². The molecule has 2 aliphatic heterocycles. The largest absolute Gasteiger partial charge is 0.417 e. The molecule has 33 heavy (non-hydrogen) atoms. The first-order chi connectivity index (χ1) is 15.6. The number of nitrogens with one attached hydrogen (secondary N) is 1. The maximum atomic E-state index is 12.6. The average Bonchev–Trinajstić information content (AvgIpc) is 3.12. The van der Waals surface area contributed by atoms with Gasteiger partial charge < -0.3 is 20.0 Å². The van der Waals surface area contributed by atoms with Gasteiger partial charge in [0.1, 0.15) is 5.82 Å². The van der Waals surface area contributed by atoms with Gasteiger partial charge in [-0.15, -0.1) is 0 Å². The fourth-order valence-corrected chi connectivity index (χ4v) is 3.99. The van der Waals surface area contributed by atoms with E-state index in [-0.39, 0.29) is 12.4 Å². The Balaban J connectivity index is 1.38. The summed E-state index contributed by atoms with van der Waals surface area (Å²) >= 11 is 6.43. The molecule has 2 aromatic heterocycles. The first kappa shape index (κ1) is 23.3. The molecule has 0 spiro atoms. The molecule has 1 unspecified atom stereocenters. The van der Waals surface area contributed by atoms with E-state index < -0.39 is 30.0 Å². The van der Waals surface area contributed by atoms with E-state index in [1.54, 1.807) is 17.2 Å². The van der Waals surface area contributed by atoms with Crippen LogP contribution >= 0.6 is 11.6 Å². The van der Waals surface area contributed by atoms with Gasteiger partial charge in [0.25, 0.3) is 0 Å². The van der Waals surface area contributed by atoms with Crippen molar-refractivity contribution in [2.45, 2.75) is 24.8 Å². The van der Waals surface area contributed by atoms with Crippen molar-refractivity contribution in [3.63, 3.8) is 0 Å². The van der Waals surface area contributed by atoms with E-state index in [1.807, 2.05) is 6.08 Å². The van der Waals surface area contributed by atoms with Gasteiger partial charge in [-0.05, 0) is 30.2 Å². The molecule has 4 rings (SSSR count). The van der Waals surface area contributed by atoms with Crippen LogP contribution in [-0.2, 0) is 6.18 Å². The zero-order valence-corrected chi connectivity index (χ0v) is 18.0. The number of pyridine rings is 2. The van der Waals surface area contributed by atoms with Crippen LogP contribution in [0, 0.1) is 0 Å². The minimum Gasteiger partial charge on any atom is -0.389 e. The van der Waals surface area contributed by atoms with E-state index in [1.165, 1.54) is 4.90 Å². The molecule has 0 aliphatic carbocycles. The number of rotatable bonds is 3. The number of aliphatic hydroxyl groups excluding tert-OH is 2. The number of β-amino-alcohol motifs (C(OH)–C–C–N with tert-alkyl or cyclic N) is 2. The lowest BCUT2D eigenvalue weighted by atomic mass is 10.0. The summed E-state index contributed by atoms with van der Waals surface area (Å²) in [5.41, 5.74) is 1.26. The fourth-order valence-electron chi connectivity index (χ4n) is 3.71. The van der Waals surface area contributed by atoms with Crippen molar-refractivity contribution < 1.29 is 28.2 Å². The van der Waals surface area contributed by atoms with Crippen molar-refractivity contribution >= 4 is 34.7 Å². The Morgan fingerprint density at radius 2 is 1.88 bits per heavy atom. The van der Waals surface area contributed by atoms with Crippen LogP contribution in [0.25, 0.3) is 5.57 Å². The summed E-state index contributed by atoms with van der Waals surface area (Å²) in [4.78, 5) is 23.8. The highest BCUT2D eigenvalue weighted by Gasteiger charge is 2.31. The second-order valence-electron chi connectivity index (χ2n) is 7.85. The Morgan fingerprint density at radius 1 is 1.15 bits per heavy atom. The maximum absolute atomic E-state index is 12.6. The minimum atomic E-state index is -4.49. The number of anilines is 2. The van der Waals surface area contributed by atoms with Crippen LogP contribution in [0.5, 0.6) is 0 Å². The number of aliphatic hydroxyl groups is 2.